The third kappa shape index (κ3) is 12.8. The van der Waals surface area contributed by atoms with Gasteiger partial charge in [0.2, 0.25) is 0 Å². The van der Waals surface area contributed by atoms with E-state index in [2.05, 4.69) is 13.2 Å². The molecule has 0 unspecified atom stereocenters. The van der Waals surface area contributed by atoms with E-state index >= 15 is 0 Å². The highest BCUT2D eigenvalue weighted by Crippen LogP contribution is 2.11. The van der Waals surface area contributed by atoms with Crippen molar-refractivity contribution in [2.24, 2.45) is 0 Å². The Morgan fingerprint density at radius 2 is 0.680 bits per heavy atom. The van der Waals surface area contributed by atoms with E-state index in [9.17, 15) is 0 Å². The van der Waals surface area contributed by atoms with E-state index in [0.717, 1.165) is 0 Å². The fraction of sp³-hybridized carbons (Fsp3) is 0.750. The van der Waals surface area contributed by atoms with Crippen LogP contribution in [-0.4, -0.2) is 68.2 Å². The Morgan fingerprint density at radius 3 is 0.760 bits per heavy atom. The normalized spacial score (nSPS) is 11.1. The summed E-state index contributed by atoms with van der Waals surface area (Å²) in [5.74, 6) is 0. The number of hydrogen-bond donors (Lipinski definition) is 0. The Hall–Kier alpha value is -0.109. The van der Waals surface area contributed by atoms with E-state index in [1.165, 1.54) is 0 Å². The summed E-state index contributed by atoms with van der Waals surface area (Å²) in [6, 6.07) is 0. The summed E-state index contributed by atoms with van der Waals surface area (Å²) >= 11 is 0. The molecule has 0 fully saturated rings. The van der Waals surface area contributed by atoms with Crippen molar-refractivity contribution in [3.8, 4) is 0 Å². The van der Waals surface area contributed by atoms with Gasteiger partial charge in [-0.3, -0.25) is 0 Å². The van der Waals surface area contributed by atoms with Crippen LogP contribution in [0, 0.1) is 0 Å². The minimum atomic E-state index is -2.51. The highest BCUT2D eigenvalue weighted by molar-refractivity contribution is 6.66. The average Bonchev–Trinajstić information content (AvgIpc) is 2.56. The van der Waals surface area contributed by atoms with Gasteiger partial charge in [0.25, 0.3) is 0 Å². The molecule has 0 saturated carbocycles. The summed E-state index contributed by atoms with van der Waals surface area (Å²) in [6.45, 7) is 22.4. The van der Waals surface area contributed by atoms with Crippen LogP contribution < -0.4 is 0 Å². The van der Waals surface area contributed by atoms with Crippen molar-refractivity contribution in [1.29, 1.82) is 0 Å². The van der Waals surface area contributed by atoms with Crippen LogP contribution in [0.2, 0.25) is 0 Å². The molecule has 0 heterocycles. The van der Waals surface area contributed by atoms with Crippen molar-refractivity contribution in [3.05, 3.63) is 24.6 Å². The van der Waals surface area contributed by atoms with E-state index < -0.39 is 17.6 Å². The van der Waals surface area contributed by atoms with Gasteiger partial charge in [0.05, 0.1) is 0 Å². The molecule has 0 spiro atoms. The second kappa shape index (κ2) is 18.7. The second-order valence-corrected chi connectivity index (χ2v) is 9.18. The zero-order valence-electron chi connectivity index (χ0n) is 16.3. The summed E-state index contributed by atoms with van der Waals surface area (Å²) in [6.07, 6.45) is 0. The molecule has 0 saturated heterocycles. The van der Waals surface area contributed by atoms with Crippen molar-refractivity contribution >= 4 is 28.6 Å². The molecule has 0 aliphatic carbocycles. The van der Waals surface area contributed by atoms with Crippen LogP contribution in [0.3, 0.4) is 0 Å². The second-order valence-electron chi connectivity index (χ2n) is 4.21. The van der Waals surface area contributed by atoms with Gasteiger partial charge in [-0.2, -0.15) is 0 Å². The molecule has 25 heavy (non-hydrogen) atoms. The molecule has 0 N–H and O–H groups in total. The van der Waals surface area contributed by atoms with Crippen molar-refractivity contribution < 1.29 is 26.6 Å². The topological polar surface area (TPSA) is 55.4 Å². The van der Waals surface area contributed by atoms with Crippen LogP contribution in [0.4, 0.5) is 0 Å². The van der Waals surface area contributed by atoms with Crippen molar-refractivity contribution in [2.75, 3.05) is 39.6 Å². The molecule has 0 atom stereocenters. The van der Waals surface area contributed by atoms with Crippen LogP contribution in [-0.2, 0) is 26.6 Å². The smallest absolute Gasteiger partial charge is 0.371 e. The predicted molar refractivity (Wildman–Crippen MR) is 113 cm³/mol. The van der Waals surface area contributed by atoms with Gasteiger partial charge >= 0.3 is 17.6 Å². The fourth-order valence-electron chi connectivity index (χ4n) is 1.81. The maximum atomic E-state index is 5.44. The standard InChI is InChI=1S/2C8H18O3Si.H4Si/c2*1-5-9-12(8-4,10-6-2)11-7-3;/h2*8H,4-7H2,1-3H3;1H4. The van der Waals surface area contributed by atoms with E-state index in [4.69, 9.17) is 26.6 Å². The lowest BCUT2D eigenvalue weighted by molar-refractivity contribution is 0.0836. The molecule has 0 aromatic rings. The molecule has 0 bridgehead atoms. The van der Waals surface area contributed by atoms with Crippen molar-refractivity contribution in [2.45, 2.75) is 41.5 Å². The third-order valence-corrected chi connectivity index (χ3v) is 7.72. The molecular weight excluding hydrogens is 372 g/mol. The monoisotopic (exact) mass is 412 g/mol. The lowest BCUT2D eigenvalue weighted by atomic mass is 10.9. The highest BCUT2D eigenvalue weighted by Gasteiger charge is 2.37. The first-order chi connectivity index (χ1) is 11.5. The minimum absolute atomic E-state index is 0. The molecule has 152 valence electrons. The predicted octanol–water partition coefficient (Wildman–Crippen LogP) is 2.07. The summed E-state index contributed by atoms with van der Waals surface area (Å²) in [5.41, 5.74) is 3.34. The van der Waals surface area contributed by atoms with Crippen molar-refractivity contribution in [3.63, 3.8) is 0 Å². The minimum Gasteiger partial charge on any atom is -0.371 e. The molecule has 0 aromatic carbocycles. The van der Waals surface area contributed by atoms with Crippen LogP contribution in [0.1, 0.15) is 41.5 Å². The summed E-state index contributed by atoms with van der Waals surface area (Å²) in [5, 5.41) is 0. The first-order valence-corrected chi connectivity index (χ1v) is 12.2. The fourth-order valence-corrected chi connectivity index (χ4v) is 5.43. The third-order valence-electron chi connectivity index (χ3n) is 2.57. The van der Waals surface area contributed by atoms with Gasteiger partial charge in [0.15, 0.2) is 0 Å². The maximum absolute atomic E-state index is 5.44. The number of hydrogen-bond acceptors (Lipinski definition) is 6. The van der Waals surface area contributed by atoms with Crippen LogP contribution in [0.15, 0.2) is 24.6 Å². The SMILES string of the molecule is C=C[Si](OCC)(OCC)OCC.C=C[Si](OCC)(OCC)OCC.[SiH4]. The van der Waals surface area contributed by atoms with Crippen LogP contribution >= 0.6 is 0 Å². The van der Waals surface area contributed by atoms with Gasteiger partial charge in [-0.05, 0) is 63.9 Å². The van der Waals surface area contributed by atoms with E-state index in [-0.39, 0.29) is 11.0 Å². The molecular formula is C16H40O6Si3. The van der Waals surface area contributed by atoms with Crippen LogP contribution in [0.25, 0.3) is 0 Å². The van der Waals surface area contributed by atoms with E-state index in [1.54, 1.807) is 11.4 Å². The van der Waals surface area contributed by atoms with Gasteiger partial charge in [-0.15, -0.1) is 0 Å². The molecule has 9 heteroatoms. The highest BCUT2D eigenvalue weighted by atomic mass is 28.4. The Bertz CT molecular complexity index is 254. The first-order valence-electron chi connectivity index (χ1n) is 8.59. The van der Waals surface area contributed by atoms with Gasteiger partial charge in [-0.1, -0.05) is 13.2 Å². The Kier molecular flexibility index (Phi) is 22.1. The molecule has 0 aliphatic heterocycles. The molecule has 0 aromatic heterocycles. The van der Waals surface area contributed by atoms with Crippen LogP contribution in [0.5, 0.6) is 0 Å². The lowest BCUT2D eigenvalue weighted by Crippen LogP contribution is -2.44. The largest absolute Gasteiger partial charge is 0.528 e. The van der Waals surface area contributed by atoms with Gasteiger partial charge in [0.1, 0.15) is 0 Å². The molecule has 0 radical (unpaired) electrons. The zero-order valence-corrected chi connectivity index (χ0v) is 18.3. The molecule has 0 aliphatic rings. The summed E-state index contributed by atoms with van der Waals surface area (Å²) < 4.78 is 32.6. The van der Waals surface area contributed by atoms with Crippen molar-refractivity contribution in [1.82, 2.24) is 0 Å². The molecule has 0 amide bonds. The lowest BCUT2D eigenvalue weighted by Gasteiger charge is -2.24. The quantitative estimate of drug-likeness (QED) is 0.407. The maximum Gasteiger partial charge on any atom is 0.528 e. The molecule has 6 nitrogen and oxygen atoms in total. The average molecular weight is 413 g/mol. The molecule has 0 rings (SSSR count). The van der Waals surface area contributed by atoms with E-state index in [0.29, 0.717) is 39.6 Å². The Morgan fingerprint density at radius 1 is 0.520 bits per heavy atom. The summed E-state index contributed by atoms with van der Waals surface area (Å²) in [4.78, 5) is 0. The van der Waals surface area contributed by atoms with Gasteiger partial charge < -0.3 is 26.6 Å². The zero-order chi connectivity index (χ0) is 18.9. The van der Waals surface area contributed by atoms with Gasteiger partial charge in [0, 0.05) is 39.6 Å². The van der Waals surface area contributed by atoms with Gasteiger partial charge in [-0.25, -0.2) is 0 Å². The number of rotatable bonds is 14. The Labute approximate surface area is 161 Å². The Balaban J connectivity index is -0.000000372. The van der Waals surface area contributed by atoms with E-state index in [1.807, 2.05) is 41.5 Å². The first kappa shape index (κ1) is 29.6. The summed E-state index contributed by atoms with van der Waals surface area (Å²) in [7, 11) is -5.01.